The van der Waals surface area contributed by atoms with Crippen molar-refractivity contribution in [2.45, 2.75) is 38.5 Å². The lowest BCUT2D eigenvalue weighted by Crippen LogP contribution is -2.44. The van der Waals surface area contributed by atoms with Crippen molar-refractivity contribution >= 4 is 23.6 Å². The van der Waals surface area contributed by atoms with Gasteiger partial charge in [0.05, 0.1) is 12.1 Å². The first-order chi connectivity index (χ1) is 13.6. The molecule has 0 amide bonds. The van der Waals surface area contributed by atoms with Gasteiger partial charge in [0.1, 0.15) is 5.82 Å². The largest absolute Gasteiger partial charge is 0.483 e. The van der Waals surface area contributed by atoms with E-state index in [0.717, 1.165) is 30.6 Å². The van der Waals surface area contributed by atoms with E-state index in [1.54, 1.807) is 0 Å². The predicted octanol–water partition coefficient (Wildman–Crippen LogP) is 3.49. The highest BCUT2D eigenvalue weighted by Crippen LogP contribution is 2.39. The molecule has 1 saturated heterocycles. The molecule has 0 spiro atoms. The van der Waals surface area contributed by atoms with E-state index in [-0.39, 0.29) is 12.6 Å². The molecule has 0 aromatic carbocycles. The molecule has 1 saturated carbocycles. The van der Waals surface area contributed by atoms with Crippen LogP contribution in [-0.2, 0) is 16.1 Å². The Morgan fingerprint density at radius 3 is 2.68 bits per heavy atom. The third kappa shape index (κ3) is 5.10. The number of carboxylic acid groups (broad SMARTS) is 1. The summed E-state index contributed by atoms with van der Waals surface area (Å²) in [5.41, 5.74) is 1.43. The molecule has 1 aliphatic carbocycles. The maximum Gasteiger partial charge on any atom is 0.290 e. The molecule has 4 rings (SSSR count). The van der Waals surface area contributed by atoms with Crippen LogP contribution in [0, 0.1) is 18.8 Å². The number of thiophene rings is 1. The van der Waals surface area contributed by atoms with E-state index in [0.29, 0.717) is 6.04 Å². The molecule has 7 heteroatoms. The number of hydrogen-bond donors (Lipinski definition) is 2. The first kappa shape index (κ1) is 20.8. The number of methoxy groups -OCH3 is 1. The number of aryl methyl sites for hydroxylation is 1. The summed E-state index contributed by atoms with van der Waals surface area (Å²) in [7, 11) is 1.85. The normalized spacial score (nSPS) is 26.8. The van der Waals surface area contributed by atoms with E-state index in [1.165, 1.54) is 30.0 Å². The minimum absolute atomic E-state index is 0.250. The van der Waals surface area contributed by atoms with Gasteiger partial charge in [-0.2, -0.15) is 0 Å². The SMILES string of the molecule is CO[C@@H]1C[C@H]2CN(Cc3sccc3C)C[C@H]2C[C@H]1Nc1ccccn1.O=CO. The van der Waals surface area contributed by atoms with Crippen LogP contribution in [0.25, 0.3) is 0 Å². The zero-order valence-corrected chi connectivity index (χ0v) is 17.3. The van der Waals surface area contributed by atoms with Gasteiger partial charge in [-0.3, -0.25) is 9.69 Å². The number of anilines is 1. The number of rotatable bonds is 5. The van der Waals surface area contributed by atoms with Crippen LogP contribution in [0.4, 0.5) is 5.82 Å². The van der Waals surface area contributed by atoms with Gasteiger partial charge in [0, 0.05) is 37.8 Å². The van der Waals surface area contributed by atoms with Crippen molar-refractivity contribution in [1.29, 1.82) is 0 Å². The number of fused-ring (bicyclic) bond motifs is 1. The van der Waals surface area contributed by atoms with E-state index in [1.807, 2.05) is 42.8 Å². The number of nitrogens with zero attached hydrogens (tertiary/aromatic N) is 2. The lowest BCUT2D eigenvalue weighted by atomic mass is 9.77. The summed E-state index contributed by atoms with van der Waals surface area (Å²) in [4.78, 5) is 16.9. The van der Waals surface area contributed by atoms with Crippen LogP contribution in [0.2, 0.25) is 0 Å². The van der Waals surface area contributed by atoms with E-state index in [9.17, 15) is 0 Å². The summed E-state index contributed by atoms with van der Waals surface area (Å²) >= 11 is 1.89. The number of hydrogen-bond acceptors (Lipinski definition) is 6. The smallest absolute Gasteiger partial charge is 0.290 e. The number of ether oxygens (including phenoxy) is 1. The van der Waals surface area contributed by atoms with Gasteiger partial charge < -0.3 is 15.2 Å². The van der Waals surface area contributed by atoms with E-state index in [4.69, 9.17) is 14.6 Å². The van der Waals surface area contributed by atoms with Crippen LogP contribution in [0.3, 0.4) is 0 Å². The molecule has 2 aliphatic rings. The Balaban J connectivity index is 0.000000706. The van der Waals surface area contributed by atoms with Crippen molar-refractivity contribution in [3.05, 3.63) is 46.3 Å². The molecule has 6 nitrogen and oxygen atoms in total. The quantitative estimate of drug-likeness (QED) is 0.745. The van der Waals surface area contributed by atoms with Crippen molar-refractivity contribution in [3.63, 3.8) is 0 Å². The molecule has 0 bridgehead atoms. The average molecular weight is 404 g/mol. The highest BCUT2D eigenvalue weighted by Gasteiger charge is 2.42. The van der Waals surface area contributed by atoms with Crippen LogP contribution < -0.4 is 5.32 Å². The summed E-state index contributed by atoms with van der Waals surface area (Å²) in [6.45, 7) is 5.49. The van der Waals surface area contributed by atoms with Crippen LogP contribution in [0.15, 0.2) is 35.8 Å². The Hall–Kier alpha value is -1.96. The summed E-state index contributed by atoms with van der Waals surface area (Å²) in [6.07, 6.45) is 4.42. The Labute approximate surface area is 170 Å². The molecule has 4 atom stereocenters. The number of carbonyl (C=O) groups is 1. The van der Waals surface area contributed by atoms with Gasteiger partial charge >= 0.3 is 0 Å². The fourth-order valence-corrected chi connectivity index (χ4v) is 5.41. The first-order valence-electron chi connectivity index (χ1n) is 9.68. The molecule has 2 fully saturated rings. The second-order valence-electron chi connectivity index (χ2n) is 7.56. The molecular weight excluding hydrogens is 374 g/mol. The van der Waals surface area contributed by atoms with E-state index >= 15 is 0 Å². The minimum Gasteiger partial charge on any atom is -0.483 e. The molecule has 152 valence electrons. The zero-order chi connectivity index (χ0) is 19.9. The van der Waals surface area contributed by atoms with Gasteiger partial charge in [-0.15, -0.1) is 11.3 Å². The lowest BCUT2D eigenvalue weighted by molar-refractivity contribution is -0.122. The van der Waals surface area contributed by atoms with Gasteiger partial charge in [0.2, 0.25) is 0 Å². The summed E-state index contributed by atoms with van der Waals surface area (Å²) in [5, 5.41) is 12.7. The molecule has 1 aliphatic heterocycles. The van der Waals surface area contributed by atoms with E-state index < -0.39 is 0 Å². The summed E-state index contributed by atoms with van der Waals surface area (Å²) in [6, 6.07) is 8.61. The number of nitrogens with one attached hydrogen (secondary N) is 1. The first-order valence-corrected chi connectivity index (χ1v) is 10.6. The maximum absolute atomic E-state index is 8.36. The zero-order valence-electron chi connectivity index (χ0n) is 16.5. The second kappa shape index (κ2) is 10.0. The maximum atomic E-state index is 8.36. The predicted molar refractivity (Wildman–Crippen MR) is 112 cm³/mol. The van der Waals surface area contributed by atoms with Crippen molar-refractivity contribution in [2.24, 2.45) is 11.8 Å². The number of pyridine rings is 1. The molecular formula is C21H29N3O3S. The van der Waals surface area contributed by atoms with Gasteiger partial charge in [-0.05, 0) is 60.7 Å². The van der Waals surface area contributed by atoms with Crippen molar-refractivity contribution < 1.29 is 14.6 Å². The van der Waals surface area contributed by atoms with Crippen molar-refractivity contribution in [2.75, 3.05) is 25.5 Å². The minimum atomic E-state index is -0.250. The van der Waals surface area contributed by atoms with Crippen LogP contribution in [-0.4, -0.2) is 53.8 Å². The molecule has 28 heavy (non-hydrogen) atoms. The van der Waals surface area contributed by atoms with Crippen LogP contribution in [0.5, 0.6) is 0 Å². The highest BCUT2D eigenvalue weighted by atomic mass is 32.1. The molecule has 0 unspecified atom stereocenters. The Bertz CT molecular complexity index is 740. The van der Waals surface area contributed by atoms with Crippen LogP contribution in [0.1, 0.15) is 23.3 Å². The fourth-order valence-electron chi connectivity index (χ4n) is 4.46. The van der Waals surface area contributed by atoms with Crippen molar-refractivity contribution in [1.82, 2.24) is 9.88 Å². The van der Waals surface area contributed by atoms with Gasteiger partial charge in [-0.25, -0.2) is 4.98 Å². The average Bonchev–Trinajstić information content (AvgIpc) is 3.28. The van der Waals surface area contributed by atoms with Gasteiger partial charge in [-0.1, -0.05) is 6.07 Å². The molecule has 3 heterocycles. The van der Waals surface area contributed by atoms with Crippen LogP contribution >= 0.6 is 11.3 Å². The number of aromatic nitrogens is 1. The topological polar surface area (TPSA) is 74.7 Å². The molecule has 0 radical (unpaired) electrons. The summed E-state index contributed by atoms with van der Waals surface area (Å²) < 4.78 is 5.84. The Morgan fingerprint density at radius 2 is 2.07 bits per heavy atom. The van der Waals surface area contributed by atoms with E-state index in [2.05, 4.69) is 33.6 Å². The molecule has 2 aromatic heterocycles. The van der Waals surface area contributed by atoms with Gasteiger partial charge in [0.15, 0.2) is 0 Å². The summed E-state index contributed by atoms with van der Waals surface area (Å²) in [5.74, 6) is 2.47. The standard InChI is InChI=1S/C20H27N3OS.CH2O2/c1-14-6-8-25-19(14)13-23-11-15-9-17(18(24-2)10-16(15)12-23)22-20-5-3-4-7-21-20;2-1-3/h3-8,15-18H,9-13H2,1-2H3,(H,21,22);1H,(H,2,3)/t15-,16+,17-,18-;/m1./s1. The lowest BCUT2D eigenvalue weighted by Gasteiger charge is -2.37. The Morgan fingerprint density at radius 1 is 1.32 bits per heavy atom. The monoisotopic (exact) mass is 403 g/mol. The fraction of sp³-hybridized carbons (Fsp3) is 0.524. The number of likely N-dealkylation sites (tertiary alicyclic amines) is 1. The molecule has 2 aromatic rings. The second-order valence-corrected chi connectivity index (χ2v) is 8.56. The van der Waals surface area contributed by atoms with Gasteiger partial charge in [0.25, 0.3) is 6.47 Å². The highest BCUT2D eigenvalue weighted by molar-refractivity contribution is 7.10. The molecule has 2 N–H and O–H groups in total. The Kier molecular flexibility index (Phi) is 7.42. The third-order valence-electron chi connectivity index (χ3n) is 5.83. The third-order valence-corrected chi connectivity index (χ3v) is 6.84. The van der Waals surface area contributed by atoms with Crippen molar-refractivity contribution in [3.8, 4) is 0 Å².